The zero-order chi connectivity index (χ0) is 18.4. The Morgan fingerprint density at radius 3 is 2.23 bits per heavy atom. The maximum atomic E-state index is 12.7. The van der Waals surface area contributed by atoms with Gasteiger partial charge in [-0.05, 0) is 38.0 Å². The lowest BCUT2D eigenvalue weighted by Gasteiger charge is -2.22. The number of fused-ring (bicyclic) bond motifs is 5. The van der Waals surface area contributed by atoms with E-state index >= 15 is 0 Å². The highest BCUT2D eigenvalue weighted by Gasteiger charge is 2.62. The van der Waals surface area contributed by atoms with Gasteiger partial charge in [-0.25, -0.2) is 4.79 Å². The van der Waals surface area contributed by atoms with Crippen molar-refractivity contribution in [3.63, 3.8) is 0 Å². The standard InChI is InChI=1S/C20H21NO5/c1-11(20(25)26-10-15(22)12-5-3-2-4-6-12)21-18(23)16-13-7-8-14(9-13)17(16)19(21)24/h2-6,11,13-14,16-17H,7-10H2,1H3/t11-,13-,14+,16-,17+/m0/s1. The largest absolute Gasteiger partial charge is 0.456 e. The molecule has 1 heterocycles. The second kappa shape index (κ2) is 6.34. The Kier molecular flexibility index (Phi) is 4.13. The van der Waals surface area contributed by atoms with E-state index in [1.165, 1.54) is 6.92 Å². The summed E-state index contributed by atoms with van der Waals surface area (Å²) in [5, 5.41) is 0. The van der Waals surface area contributed by atoms with Crippen molar-refractivity contribution in [2.45, 2.75) is 32.2 Å². The van der Waals surface area contributed by atoms with Crippen molar-refractivity contribution in [2.24, 2.45) is 23.7 Å². The number of nitrogens with zero attached hydrogens (tertiary/aromatic N) is 1. The minimum absolute atomic E-state index is 0.244. The molecule has 0 unspecified atom stereocenters. The Hall–Kier alpha value is -2.50. The topological polar surface area (TPSA) is 80.8 Å². The lowest BCUT2D eigenvalue weighted by atomic mass is 9.81. The number of amides is 2. The average Bonchev–Trinajstić information content (AvgIpc) is 3.33. The van der Waals surface area contributed by atoms with Gasteiger partial charge in [0.1, 0.15) is 6.04 Å². The first-order valence-electron chi connectivity index (χ1n) is 9.11. The maximum absolute atomic E-state index is 12.7. The summed E-state index contributed by atoms with van der Waals surface area (Å²) in [6.07, 6.45) is 2.93. The summed E-state index contributed by atoms with van der Waals surface area (Å²) in [5.41, 5.74) is 0.451. The third kappa shape index (κ3) is 2.55. The number of rotatable bonds is 5. The second-order valence-corrected chi connectivity index (χ2v) is 7.50. The van der Waals surface area contributed by atoms with E-state index in [-0.39, 0.29) is 41.3 Å². The van der Waals surface area contributed by atoms with Gasteiger partial charge in [0.05, 0.1) is 11.8 Å². The molecule has 1 saturated heterocycles. The van der Waals surface area contributed by atoms with Crippen LogP contribution in [0.3, 0.4) is 0 Å². The molecular weight excluding hydrogens is 334 g/mol. The first kappa shape index (κ1) is 16.9. The molecule has 3 fully saturated rings. The van der Waals surface area contributed by atoms with Crippen LogP contribution in [0.15, 0.2) is 30.3 Å². The fourth-order valence-corrected chi connectivity index (χ4v) is 4.88. The first-order chi connectivity index (χ1) is 12.5. The lowest BCUT2D eigenvalue weighted by molar-refractivity contribution is -0.157. The van der Waals surface area contributed by atoms with Crippen molar-refractivity contribution in [1.82, 2.24) is 4.90 Å². The highest BCUT2D eigenvalue weighted by atomic mass is 16.5. The second-order valence-electron chi connectivity index (χ2n) is 7.50. The number of benzene rings is 1. The quantitative estimate of drug-likeness (QED) is 0.457. The molecule has 0 N–H and O–H groups in total. The number of ketones is 1. The van der Waals surface area contributed by atoms with E-state index in [0.29, 0.717) is 5.56 Å². The Labute approximate surface area is 151 Å². The fourth-order valence-electron chi connectivity index (χ4n) is 4.88. The van der Waals surface area contributed by atoms with E-state index in [4.69, 9.17) is 4.74 Å². The molecule has 6 heteroatoms. The van der Waals surface area contributed by atoms with Crippen LogP contribution >= 0.6 is 0 Å². The monoisotopic (exact) mass is 355 g/mol. The number of Topliss-reactive ketones (excluding diaryl/α,β-unsaturated/α-hetero) is 1. The van der Waals surface area contributed by atoms with E-state index in [9.17, 15) is 19.2 Å². The number of imide groups is 1. The van der Waals surface area contributed by atoms with Crippen LogP contribution < -0.4 is 0 Å². The van der Waals surface area contributed by atoms with Crippen LogP contribution in [-0.4, -0.2) is 41.1 Å². The highest BCUT2D eigenvalue weighted by molar-refractivity contribution is 6.08. The molecule has 2 bridgehead atoms. The molecule has 0 spiro atoms. The number of carbonyl (C=O) groups excluding carboxylic acids is 4. The van der Waals surface area contributed by atoms with Gasteiger partial charge in [-0.3, -0.25) is 19.3 Å². The third-order valence-corrected chi connectivity index (χ3v) is 6.13. The van der Waals surface area contributed by atoms with Crippen LogP contribution in [0.2, 0.25) is 0 Å². The van der Waals surface area contributed by atoms with Gasteiger partial charge in [-0.15, -0.1) is 0 Å². The van der Waals surface area contributed by atoms with Crippen molar-refractivity contribution < 1.29 is 23.9 Å². The molecule has 3 aliphatic rings. The van der Waals surface area contributed by atoms with Gasteiger partial charge < -0.3 is 4.74 Å². The first-order valence-corrected chi connectivity index (χ1v) is 9.11. The minimum atomic E-state index is -0.997. The van der Waals surface area contributed by atoms with Gasteiger partial charge >= 0.3 is 5.97 Å². The highest BCUT2D eigenvalue weighted by Crippen LogP contribution is 2.56. The molecule has 2 saturated carbocycles. The number of esters is 1. The Morgan fingerprint density at radius 2 is 1.65 bits per heavy atom. The van der Waals surface area contributed by atoms with Crippen LogP contribution in [0.5, 0.6) is 0 Å². The van der Waals surface area contributed by atoms with Crippen molar-refractivity contribution in [2.75, 3.05) is 6.61 Å². The van der Waals surface area contributed by atoms with Crippen molar-refractivity contribution in [3.05, 3.63) is 35.9 Å². The van der Waals surface area contributed by atoms with E-state index in [1.54, 1.807) is 30.3 Å². The third-order valence-electron chi connectivity index (χ3n) is 6.13. The number of likely N-dealkylation sites (tertiary alicyclic amines) is 1. The van der Waals surface area contributed by atoms with Crippen molar-refractivity contribution in [1.29, 1.82) is 0 Å². The molecule has 136 valence electrons. The van der Waals surface area contributed by atoms with E-state index in [2.05, 4.69) is 0 Å². The van der Waals surface area contributed by atoms with E-state index in [0.717, 1.165) is 24.2 Å². The Balaban J connectivity index is 1.40. The number of hydrogen-bond acceptors (Lipinski definition) is 5. The molecular formula is C20H21NO5. The maximum Gasteiger partial charge on any atom is 0.329 e. The summed E-state index contributed by atoms with van der Waals surface area (Å²) in [5.74, 6) is -1.51. The predicted octanol–water partition coefficient (Wildman–Crippen LogP) is 1.83. The smallest absolute Gasteiger partial charge is 0.329 e. The summed E-state index contributed by atoms with van der Waals surface area (Å²) in [6, 6.07) is 7.54. The normalized spacial score (nSPS) is 30.4. The van der Waals surface area contributed by atoms with Gasteiger partial charge in [0.15, 0.2) is 12.4 Å². The SMILES string of the molecule is C[C@@H](C(=O)OCC(=O)c1ccccc1)N1C(=O)[C@@H]2[C@@H]3CC[C@@H](C3)[C@@H]2C1=O. The Morgan fingerprint density at radius 1 is 1.08 bits per heavy atom. The molecule has 1 aliphatic heterocycles. The number of hydrogen-bond donors (Lipinski definition) is 0. The van der Waals surface area contributed by atoms with E-state index in [1.807, 2.05) is 0 Å². The zero-order valence-electron chi connectivity index (χ0n) is 14.6. The van der Waals surface area contributed by atoms with E-state index < -0.39 is 18.6 Å². The van der Waals surface area contributed by atoms with Crippen molar-refractivity contribution in [3.8, 4) is 0 Å². The molecule has 1 aromatic carbocycles. The molecule has 4 rings (SSSR count). The molecule has 1 aromatic rings. The van der Waals surface area contributed by atoms with Gasteiger partial charge in [0.25, 0.3) is 0 Å². The van der Waals surface area contributed by atoms with Gasteiger partial charge in [-0.1, -0.05) is 30.3 Å². The van der Waals surface area contributed by atoms with Crippen LogP contribution in [0.1, 0.15) is 36.5 Å². The molecule has 26 heavy (non-hydrogen) atoms. The predicted molar refractivity (Wildman–Crippen MR) is 90.9 cm³/mol. The summed E-state index contributed by atoms with van der Waals surface area (Å²) in [6.45, 7) is 1.09. The molecule has 0 radical (unpaired) electrons. The van der Waals surface area contributed by atoms with Crippen LogP contribution in [0.25, 0.3) is 0 Å². The zero-order valence-corrected chi connectivity index (χ0v) is 14.6. The summed E-state index contributed by atoms with van der Waals surface area (Å²) >= 11 is 0. The fraction of sp³-hybridized carbons (Fsp3) is 0.500. The van der Waals surface area contributed by atoms with Crippen LogP contribution in [0.4, 0.5) is 0 Å². The van der Waals surface area contributed by atoms with Crippen molar-refractivity contribution >= 4 is 23.6 Å². The van der Waals surface area contributed by atoms with Gasteiger partial charge in [0, 0.05) is 5.56 Å². The summed E-state index contributed by atoms with van der Waals surface area (Å²) in [4.78, 5) is 50.9. The minimum Gasteiger partial charge on any atom is -0.456 e. The molecule has 2 amide bonds. The van der Waals surface area contributed by atoms with Crippen LogP contribution in [0, 0.1) is 23.7 Å². The lowest BCUT2D eigenvalue weighted by Crippen LogP contribution is -2.45. The average molecular weight is 355 g/mol. The Bertz CT molecular complexity index is 746. The number of carbonyl (C=O) groups is 4. The number of ether oxygens (including phenoxy) is 1. The molecule has 2 aliphatic carbocycles. The molecule has 0 aromatic heterocycles. The summed E-state index contributed by atoms with van der Waals surface area (Å²) < 4.78 is 5.09. The molecule has 6 nitrogen and oxygen atoms in total. The van der Waals surface area contributed by atoms with Gasteiger partial charge in [0.2, 0.25) is 11.8 Å². The molecule has 5 atom stereocenters. The van der Waals surface area contributed by atoms with Gasteiger partial charge in [-0.2, -0.15) is 0 Å². The van der Waals surface area contributed by atoms with Crippen LogP contribution in [-0.2, 0) is 19.1 Å². The summed E-state index contributed by atoms with van der Waals surface area (Å²) in [7, 11) is 0.